The van der Waals surface area contributed by atoms with Gasteiger partial charge in [-0.05, 0) is 36.0 Å². The van der Waals surface area contributed by atoms with Crippen LogP contribution in [-0.4, -0.2) is 53.8 Å². The van der Waals surface area contributed by atoms with Crippen molar-refractivity contribution in [3.8, 4) is 0 Å². The molecule has 162 valence electrons. The van der Waals surface area contributed by atoms with Gasteiger partial charge in [0.1, 0.15) is 0 Å². The van der Waals surface area contributed by atoms with Crippen LogP contribution >= 0.6 is 23.2 Å². The normalized spacial score (nSPS) is 22.8. The molecule has 0 spiro atoms. The molecule has 6 nitrogen and oxygen atoms in total. The van der Waals surface area contributed by atoms with E-state index in [9.17, 15) is 14.7 Å². The first-order valence-corrected chi connectivity index (χ1v) is 10.6. The highest BCUT2D eigenvalue weighted by molar-refractivity contribution is 6.42. The van der Waals surface area contributed by atoms with Gasteiger partial charge in [-0.1, -0.05) is 50.0 Å². The average Bonchev–Trinajstić information content (AvgIpc) is 2.81. The molecule has 0 bridgehead atoms. The van der Waals surface area contributed by atoms with Crippen LogP contribution in [0.1, 0.15) is 52.0 Å². The fraction of sp³-hybridized carbons (Fsp3) is 0.619. The van der Waals surface area contributed by atoms with Gasteiger partial charge in [-0.25, -0.2) is 4.79 Å². The first kappa shape index (κ1) is 23.8. The zero-order valence-corrected chi connectivity index (χ0v) is 18.9. The Balaban J connectivity index is 2.34. The minimum Gasteiger partial charge on any atom is -0.465 e. The molecular weight excluding hydrogens is 415 g/mol. The topological polar surface area (TPSA) is 78.9 Å². The SMILES string of the molecule is CC(=O)NCCC[C@H]1O[C@@H](C(C)(C)C)CN(C(=O)O)C[C@@H]1c1ccc(Cl)c(Cl)c1. The maximum Gasteiger partial charge on any atom is 0.407 e. The highest BCUT2D eigenvalue weighted by Gasteiger charge is 2.39. The van der Waals surface area contributed by atoms with Gasteiger partial charge in [0.15, 0.2) is 0 Å². The van der Waals surface area contributed by atoms with Crippen molar-refractivity contribution in [2.24, 2.45) is 5.41 Å². The van der Waals surface area contributed by atoms with Crippen LogP contribution in [-0.2, 0) is 9.53 Å². The molecule has 0 saturated carbocycles. The van der Waals surface area contributed by atoms with Gasteiger partial charge in [0.25, 0.3) is 0 Å². The summed E-state index contributed by atoms with van der Waals surface area (Å²) >= 11 is 12.3. The van der Waals surface area contributed by atoms with Gasteiger partial charge in [-0.2, -0.15) is 0 Å². The summed E-state index contributed by atoms with van der Waals surface area (Å²) in [5, 5.41) is 13.4. The van der Waals surface area contributed by atoms with Crippen molar-refractivity contribution >= 4 is 35.2 Å². The molecule has 2 N–H and O–H groups in total. The van der Waals surface area contributed by atoms with E-state index in [0.29, 0.717) is 36.1 Å². The maximum atomic E-state index is 11.9. The van der Waals surface area contributed by atoms with Crippen molar-refractivity contribution in [3.63, 3.8) is 0 Å². The Labute approximate surface area is 182 Å². The second-order valence-corrected chi connectivity index (χ2v) is 9.44. The fourth-order valence-electron chi connectivity index (χ4n) is 3.51. The Morgan fingerprint density at radius 1 is 1.24 bits per heavy atom. The van der Waals surface area contributed by atoms with Crippen LogP contribution in [0.15, 0.2) is 18.2 Å². The van der Waals surface area contributed by atoms with Crippen molar-refractivity contribution in [2.75, 3.05) is 19.6 Å². The number of benzene rings is 1. The van der Waals surface area contributed by atoms with Gasteiger partial charge < -0.3 is 20.1 Å². The van der Waals surface area contributed by atoms with Crippen LogP contribution in [0.2, 0.25) is 10.0 Å². The number of hydrogen-bond donors (Lipinski definition) is 2. The molecule has 2 rings (SSSR count). The number of nitrogens with zero attached hydrogens (tertiary/aromatic N) is 1. The predicted octanol–water partition coefficient (Wildman–Crippen LogP) is 4.79. The highest BCUT2D eigenvalue weighted by Crippen LogP contribution is 2.36. The number of rotatable bonds is 5. The number of carboxylic acid groups (broad SMARTS) is 1. The van der Waals surface area contributed by atoms with E-state index in [4.69, 9.17) is 27.9 Å². The molecule has 1 aliphatic heterocycles. The third-order valence-corrected chi connectivity index (χ3v) is 5.98. The van der Waals surface area contributed by atoms with Crippen LogP contribution in [0.5, 0.6) is 0 Å². The summed E-state index contributed by atoms with van der Waals surface area (Å²) in [4.78, 5) is 24.5. The van der Waals surface area contributed by atoms with Crippen LogP contribution in [0.25, 0.3) is 0 Å². The standard InChI is InChI=1S/C21H30Cl2N2O4/c1-13(26)24-9-5-6-18-15(14-7-8-16(22)17(23)10-14)11-25(20(27)28)12-19(29-18)21(2,3)4/h7-8,10,15,18-19H,5-6,9,11-12H2,1-4H3,(H,24,26)(H,27,28)/t15-,18-,19-/m1/s1. The third kappa shape index (κ3) is 6.76. The number of ether oxygens (including phenoxy) is 1. The molecule has 0 aliphatic carbocycles. The summed E-state index contributed by atoms with van der Waals surface area (Å²) in [6.45, 7) is 8.79. The third-order valence-electron chi connectivity index (χ3n) is 5.24. The van der Waals surface area contributed by atoms with E-state index in [2.05, 4.69) is 5.32 Å². The molecule has 0 aromatic heterocycles. The van der Waals surface area contributed by atoms with Gasteiger partial charge in [0.05, 0.1) is 28.8 Å². The molecule has 1 heterocycles. The first-order valence-electron chi connectivity index (χ1n) is 9.81. The van der Waals surface area contributed by atoms with E-state index < -0.39 is 6.09 Å². The molecule has 1 aliphatic rings. The summed E-state index contributed by atoms with van der Waals surface area (Å²) in [7, 11) is 0. The minimum absolute atomic E-state index is 0.0718. The lowest BCUT2D eigenvalue weighted by atomic mass is 9.88. The summed E-state index contributed by atoms with van der Waals surface area (Å²) < 4.78 is 6.51. The molecule has 1 aromatic rings. The molecule has 0 radical (unpaired) electrons. The Morgan fingerprint density at radius 2 is 1.93 bits per heavy atom. The number of nitrogens with one attached hydrogen (secondary N) is 1. The second-order valence-electron chi connectivity index (χ2n) is 8.62. The van der Waals surface area contributed by atoms with Crippen molar-refractivity contribution in [1.82, 2.24) is 10.2 Å². The maximum absolute atomic E-state index is 11.9. The Bertz CT molecular complexity index is 736. The smallest absolute Gasteiger partial charge is 0.407 e. The van der Waals surface area contributed by atoms with E-state index in [1.807, 2.05) is 26.8 Å². The van der Waals surface area contributed by atoms with Gasteiger partial charge >= 0.3 is 6.09 Å². The molecule has 1 fully saturated rings. The largest absolute Gasteiger partial charge is 0.465 e. The van der Waals surface area contributed by atoms with E-state index in [-0.39, 0.29) is 29.4 Å². The molecule has 2 amide bonds. The van der Waals surface area contributed by atoms with E-state index in [1.54, 1.807) is 12.1 Å². The van der Waals surface area contributed by atoms with Gasteiger partial charge in [0.2, 0.25) is 5.91 Å². The molecule has 1 saturated heterocycles. The number of hydrogen-bond acceptors (Lipinski definition) is 3. The van der Waals surface area contributed by atoms with Crippen LogP contribution < -0.4 is 5.32 Å². The Morgan fingerprint density at radius 3 is 2.48 bits per heavy atom. The lowest BCUT2D eigenvalue weighted by Crippen LogP contribution is -2.42. The predicted molar refractivity (Wildman–Crippen MR) is 115 cm³/mol. The molecule has 29 heavy (non-hydrogen) atoms. The summed E-state index contributed by atoms with van der Waals surface area (Å²) in [6, 6.07) is 5.39. The van der Waals surface area contributed by atoms with Crippen molar-refractivity contribution in [3.05, 3.63) is 33.8 Å². The van der Waals surface area contributed by atoms with Crippen LogP contribution in [0, 0.1) is 5.41 Å². The van der Waals surface area contributed by atoms with Crippen LogP contribution in [0.3, 0.4) is 0 Å². The number of carbonyl (C=O) groups excluding carboxylic acids is 1. The lowest BCUT2D eigenvalue weighted by molar-refractivity contribution is -0.119. The van der Waals surface area contributed by atoms with E-state index >= 15 is 0 Å². The van der Waals surface area contributed by atoms with E-state index in [0.717, 1.165) is 12.0 Å². The zero-order chi connectivity index (χ0) is 21.8. The molecule has 3 atom stereocenters. The monoisotopic (exact) mass is 444 g/mol. The lowest BCUT2D eigenvalue weighted by Gasteiger charge is -2.34. The van der Waals surface area contributed by atoms with Gasteiger partial charge in [-0.3, -0.25) is 4.79 Å². The summed E-state index contributed by atoms with van der Waals surface area (Å²) in [6.07, 6.45) is -0.0180. The summed E-state index contributed by atoms with van der Waals surface area (Å²) in [5.41, 5.74) is 0.667. The Kier molecular flexibility index (Phi) is 8.20. The quantitative estimate of drug-likeness (QED) is 0.639. The van der Waals surface area contributed by atoms with Crippen molar-refractivity contribution < 1.29 is 19.4 Å². The second kappa shape index (κ2) is 10.0. The number of halogens is 2. The van der Waals surface area contributed by atoms with Gasteiger partial charge in [0, 0.05) is 25.9 Å². The number of carbonyl (C=O) groups is 2. The molecular formula is C21H30Cl2N2O4. The molecule has 1 aromatic carbocycles. The fourth-order valence-corrected chi connectivity index (χ4v) is 3.82. The highest BCUT2D eigenvalue weighted by atomic mass is 35.5. The number of amides is 2. The van der Waals surface area contributed by atoms with Crippen molar-refractivity contribution in [1.29, 1.82) is 0 Å². The Hall–Kier alpha value is -1.50. The first-order chi connectivity index (χ1) is 13.5. The van der Waals surface area contributed by atoms with Crippen LogP contribution in [0.4, 0.5) is 4.79 Å². The molecule has 8 heteroatoms. The zero-order valence-electron chi connectivity index (χ0n) is 17.4. The minimum atomic E-state index is -0.966. The van der Waals surface area contributed by atoms with E-state index in [1.165, 1.54) is 11.8 Å². The van der Waals surface area contributed by atoms with Gasteiger partial charge in [-0.15, -0.1) is 0 Å². The summed E-state index contributed by atoms with van der Waals surface area (Å²) in [5.74, 6) is -0.261. The average molecular weight is 445 g/mol. The molecule has 0 unspecified atom stereocenters. The van der Waals surface area contributed by atoms with Crippen molar-refractivity contribution in [2.45, 2.75) is 58.7 Å².